The van der Waals surface area contributed by atoms with E-state index in [1.165, 1.54) is 16.4 Å². The van der Waals surface area contributed by atoms with Crippen LogP contribution in [0.15, 0.2) is 23.1 Å². The van der Waals surface area contributed by atoms with Crippen LogP contribution in [0.1, 0.15) is 6.42 Å². The normalized spacial score (nSPS) is 17.6. The Morgan fingerprint density at radius 2 is 2.05 bits per heavy atom. The molecule has 1 saturated heterocycles. The smallest absolute Gasteiger partial charge is 0.290 e. The summed E-state index contributed by atoms with van der Waals surface area (Å²) in [5.74, 6) is 0. The van der Waals surface area contributed by atoms with E-state index >= 15 is 0 Å². The molecule has 1 aromatic rings. The maximum absolute atomic E-state index is 12.5. The quantitative estimate of drug-likeness (QED) is 0.668. The number of hydrogen-bond donors (Lipinski definition) is 1. The van der Waals surface area contributed by atoms with Crippen LogP contribution in [0, 0.1) is 10.1 Å². The zero-order chi connectivity index (χ0) is 14.8. The lowest BCUT2D eigenvalue weighted by molar-refractivity contribution is -0.387. The molecule has 1 aliphatic heterocycles. The molecular formula is C11H14ClN3O4S. The molecule has 7 nitrogen and oxygen atoms in total. The van der Waals surface area contributed by atoms with Crippen molar-refractivity contribution in [1.82, 2.24) is 9.62 Å². The number of nitro benzene ring substituents is 1. The highest BCUT2D eigenvalue weighted by Gasteiger charge is 2.31. The Hall–Kier alpha value is -1.22. The lowest BCUT2D eigenvalue weighted by Gasteiger charge is -2.19. The maximum Gasteiger partial charge on any atom is 0.290 e. The standard InChI is InChI=1S/C11H14ClN3O4S/c12-9-2-3-11(10(8-9)15(16)17)20(18,19)14-6-1-4-13-5-7-14/h2-3,8,13H,1,4-7H2. The second-order valence-corrected chi connectivity index (χ2v) is 6.72. The monoisotopic (exact) mass is 319 g/mol. The molecule has 1 aromatic carbocycles. The summed E-state index contributed by atoms with van der Waals surface area (Å²) in [4.78, 5) is 9.98. The topological polar surface area (TPSA) is 92.5 Å². The van der Waals surface area contributed by atoms with Gasteiger partial charge in [-0.2, -0.15) is 4.31 Å². The molecule has 0 unspecified atom stereocenters. The molecule has 1 N–H and O–H groups in total. The van der Waals surface area contributed by atoms with Crippen LogP contribution in [0.2, 0.25) is 5.02 Å². The third-order valence-electron chi connectivity index (χ3n) is 3.03. The molecule has 9 heteroatoms. The van der Waals surface area contributed by atoms with Crippen LogP contribution in [0.3, 0.4) is 0 Å². The fourth-order valence-electron chi connectivity index (χ4n) is 2.05. The van der Waals surface area contributed by atoms with Crippen LogP contribution in [0.25, 0.3) is 0 Å². The Morgan fingerprint density at radius 3 is 2.75 bits per heavy atom. The number of halogens is 1. The Bertz CT molecular complexity index is 612. The van der Waals surface area contributed by atoms with Crippen molar-refractivity contribution in [3.05, 3.63) is 33.3 Å². The predicted molar refractivity (Wildman–Crippen MR) is 74.4 cm³/mol. The SMILES string of the molecule is O=[N+]([O-])c1cc(Cl)ccc1S(=O)(=O)N1CCCNCC1. The van der Waals surface area contributed by atoms with Gasteiger partial charge < -0.3 is 5.32 Å². The molecule has 0 amide bonds. The number of sulfonamides is 1. The number of rotatable bonds is 3. The van der Waals surface area contributed by atoms with Crippen molar-refractivity contribution >= 4 is 27.3 Å². The van der Waals surface area contributed by atoms with Gasteiger partial charge in [-0.15, -0.1) is 0 Å². The Labute approximate surface area is 121 Å². The highest BCUT2D eigenvalue weighted by Crippen LogP contribution is 2.29. The minimum Gasteiger partial charge on any atom is -0.315 e. The highest BCUT2D eigenvalue weighted by atomic mass is 35.5. The predicted octanol–water partition coefficient (Wildman–Crippen LogP) is 1.23. The van der Waals surface area contributed by atoms with E-state index in [-0.39, 0.29) is 9.92 Å². The van der Waals surface area contributed by atoms with Crippen LogP contribution < -0.4 is 5.32 Å². The van der Waals surface area contributed by atoms with Crippen molar-refractivity contribution < 1.29 is 13.3 Å². The average molecular weight is 320 g/mol. The van der Waals surface area contributed by atoms with Gasteiger partial charge in [-0.3, -0.25) is 10.1 Å². The molecule has 20 heavy (non-hydrogen) atoms. The second-order valence-electron chi connectivity index (χ2n) is 4.38. The molecule has 110 valence electrons. The summed E-state index contributed by atoms with van der Waals surface area (Å²) in [7, 11) is -3.88. The van der Waals surface area contributed by atoms with Gasteiger partial charge in [0.15, 0.2) is 4.90 Å². The molecule has 0 spiro atoms. The largest absolute Gasteiger partial charge is 0.315 e. The number of nitrogens with one attached hydrogen (secondary N) is 1. The molecule has 0 bridgehead atoms. The van der Waals surface area contributed by atoms with Crippen LogP contribution >= 0.6 is 11.6 Å². The van der Waals surface area contributed by atoms with E-state index in [0.717, 1.165) is 12.6 Å². The molecule has 1 heterocycles. The first-order chi connectivity index (χ1) is 9.43. The van der Waals surface area contributed by atoms with Gasteiger partial charge in [-0.1, -0.05) is 11.6 Å². The summed E-state index contributed by atoms with van der Waals surface area (Å²) >= 11 is 5.70. The van der Waals surface area contributed by atoms with E-state index in [4.69, 9.17) is 11.6 Å². The minimum atomic E-state index is -3.88. The van der Waals surface area contributed by atoms with Crippen molar-refractivity contribution in [1.29, 1.82) is 0 Å². The average Bonchev–Trinajstić information content (AvgIpc) is 2.67. The third kappa shape index (κ3) is 3.09. The first-order valence-electron chi connectivity index (χ1n) is 6.08. The van der Waals surface area contributed by atoms with E-state index in [2.05, 4.69) is 5.32 Å². The fourth-order valence-corrected chi connectivity index (χ4v) is 3.84. The summed E-state index contributed by atoms with van der Waals surface area (Å²) in [5, 5.41) is 14.2. The summed E-state index contributed by atoms with van der Waals surface area (Å²) in [5.41, 5.74) is -0.491. The molecule has 0 aromatic heterocycles. The summed E-state index contributed by atoms with van der Waals surface area (Å²) in [6.45, 7) is 1.90. The zero-order valence-corrected chi connectivity index (χ0v) is 12.2. The van der Waals surface area contributed by atoms with Gasteiger partial charge in [0, 0.05) is 30.7 Å². The zero-order valence-electron chi connectivity index (χ0n) is 10.6. The number of nitro groups is 1. The van der Waals surface area contributed by atoms with Crippen LogP contribution in [0.4, 0.5) is 5.69 Å². The van der Waals surface area contributed by atoms with Crippen molar-refractivity contribution in [3.63, 3.8) is 0 Å². The molecule has 0 radical (unpaired) electrons. The number of benzene rings is 1. The van der Waals surface area contributed by atoms with Gasteiger partial charge in [0.05, 0.1) is 4.92 Å². The summed E-state index contributed by atoms with van der Waals surface area (Å²) < 4.78 is 26.3. The first-order valence-corrected chi connectivity index (χ1v) is 7.89. The van der Waals surface area contributed by atoms with Crippen molar-refractivity contribution in [2.45, 2.75) is 11.3 Å². The fraction of sp³-hybridized carbons (Fsp3) is 0.455. The summed E-state index contributed by atoms with van der Waals surface area (Å²) in [6, 6.07) is 3.59. The van der Waals surface area contributed by atoms with Gasteiger partial charge in [0.25, 0.3) is 5.69 Å². The Balaban J connectivity index is 2.45. The van der Waals surface area contributed by atoms with Gasteiger partial charge in [0.2, 0.25) is 10.0 Å². The van der Waals surface area contributed by atoms with Gasteiger partial charge in [0.1, 0.15) is 0 Å². The Kier molecular flexibility index (Phi) is 4.59. The molecule has 0 aliphatic carbocycles. The second kappa shape index (κ2) is 6.04. The number of nitrogens with zero attached hydrogens (tertiary/aromatic N) is 2. The Morgan fingerprint density at radius 1 is 1.30 bits per heavy atom. The maximum atomic E-state index is 12.5. The molecule has 0 saturated carbocycles. The van der Waals surface area contributed by atoms with Gasteiger partial charge >= 0.3 is 0 Å². The molecular weight excluding hydrogens is 306 g/mol. The van der Waals surface area contributed by atoms with Crippen molar-refractivity contribution in [2.24, 2.45) is 0 Å². The van der Waals surface area contributed by atoms with E-state index in [9.17, 15) is 18.5 Å². The lowest BCUT2D eigenvalue weighted by Crippen LogP contribution is -2.34. The van der Waals surface area contributed by atoms with Gasteiger partial charge in [-0.25, -0.2) is 8.42 Å². The summed E-state index contributed by atoms with van der Waals surface area (Å²) in [6.07, 6.45) is 0.667. The highest BCUT2D eigenvalue weighted by molar-refractivity contribution is 7.89. The van der Waals surface area contributed by atoms with Crippen molar-refractivity contribution in [2.75, 3.05) is 26.2 Å². The van der Waals surface area contributed by atoms with E-state index in [1.807, 2.05) is 0 Å². The van der Waals surface area contributed by atoms with E-state index in [0.29, 0.717) is 26.1 Å². The van der Waals surface area contributed by atoms with Crippen LogP contribution in [-0.4, -0.2) is 43.8 Å². The van der Waals surface area contributed by atoms with E-state index in [1.54, 1.807) is 0 Å². The van der Waals surface area contributed by atoms with Gasteiger partial charge in [-0.05, 0) is 25.1 Å². The molecule has 2 rings (SSSR count). The van der Waals surface area contributed by atoms with Crippen molar-refractivity contribution in [3.8, 4) is 0 Å². The minimum absolute atomic E-state index is 0.133. The first kappa shape index (κ1) is 15.2. The van der Waals surface area contributed by atoms with Crippen LogP contribution in [0.5, 0.6) is 0 Å². The third-order valence-corrected chi connectivity index (χ3v) is 5.22. The van der Waals surface area contributed by atoms with Crippen LogP contribution in [-0.2, 0) is 10.0 Å². The molecule has 0 atom stereocenters. The molecule has 1 fully saturated rings. The van der Waals surface area contributed by atoms with E-state index < -0.39 is 20.6 Å². The number of hydrogen-bond acceptors (Lipinski definition) is 5. The lowest BCUT2D eigenvalue weighted by atomic mass is 10.3. The molecule has 1 aliphatic rings.